The molecule has 4 heterocycles. The Labute approximate surface area is 232 Å². The molecule has 0 bridgehead atoms. The van der Waals surface area contributed by atoms with Gasteiger partial charge in [0.2, 0.25) is 23.8 Å². The first-order chi connectivity index (χ1) is 19.2. The maximum absolute atomic E-state index is 13.8. The van der Waals surface area contributed by atoms with Crippen molar-refractivity contribution in [2.45, 2.75) is 52.4 Å². The van der Waals surface area contributed by atoms with Crippen LogP contribution in [0.1, 0.15) is 58.1 Å². The van der Waals surface area contributed by atoms with Gasteiger partial charge in [0.1, 0.15) is 11.5 Å². The van der Waals surface area contributed by atoms with E-state index in [1.807, 2.05) is 23.6 Å². The third-order valence-electron chi connectivity index (χ3n) is 6.84. The van der Waals surface area contributed by atoms with E-state index in [4.69, 9.17) is 10.5 Å². The molecule has 2 aromatic rings. The number of unbranched alkanes of at least 4 members (excludes halogenated alkanes) is 1. The zero-order valence-electron chi connectivity index (χ0n) is 23.1. The molecule has 2 aliphatic heterocycles. The van der Waals surface area contributed by atoms with E-state index in [0.717, 1.165) is 0 Å². The number of nitrogens with two attached hydrogens (primary N) is 1. The van der Waals surface area contributed by atoms with Gasteiger partial charge >= 0.3 is 0 Å². The van der Waals surface area contributed by atoms with E-state index in [1.54, 1.807) is 4.90 Å². The fourth-order valence-electron chi connectivity index (χ4n) is 4.74. The topological polar surface area (TPSA) is 144 Å². The number of anilines is 3. The summed E-state index contributed by atoms with van der Waals surface area (Å²) in [5, 5.41) is 0. The third-order valence-corrected chi connectivity index (χ3v) is 6.84. The van der Waals surface area contributed by atoms with Gasteiger partial charge in [0, 0.05) is 64.7 Å². The second-order valence-electron chi connectivity index (χ2n) is 10.4. The molecule has 0 atom stereocenters. The summed E-state index contributed by atoms with van der Waals surface area (Å²) in [6.45, 7) is 8.05. The molecule has 14 heteroatoms. The normalized spacial score (nSPS) is 16.2. The highest BCUT2D eigenvalue weighted by molar-refractivity contribution is 5.79. The van der Waals surface area contributed by atoms with Crippen LogP contribution >= 0.6 is 0 Å². The van der Waals surface area contributed by atoms with Crippen molar-refractivity contribution in [3.63, 3.8) is 0 Å². The molecular weight excluding hydrogens is 524 g/mol. The average Bonchev–Trinajstić information content (AvgIpc) is 2.95. The molecule has 0 aliphatic carbocycles. The van der Waals surface area contributed by atoms with Gasteiger partial charge in [0.05, 0.1) is 18.8 Å². The molecule has 2 fully saturated rings. The number of nitrogen functional groups attached to an aromatic ring is 1. The van der Waals surface area contributed by atoms with Crippen molar-refractivity contribution < 1.29 is 23.1 Å². The van der Waals surface area contributed by atoms with Crippen LogP contribution in [-0.4, -0.2) is 94.0 Å². The van der Waals surface area contributed by atoms with E-state index in [-0.39, 0.29) is 29.0 Å². The number of hydrogen-bond acceptors (Lipinski definition) is 11. The Morgan fingerprint density at radius 3 is 2.17 bits per heavy atom. The van der Waals surface area contributed by atoms with Crippen LogP contribution in [0.4, 0.5) is 26.6 Å². The number of rotatable bonds is 11. The van der Waals surface area contributed by atoms with E-state index in [2.05, 4.69) is 24.9 Å². The van der Waals surface area contributed by atoms with Gasteiger partial charge in [-0.25, -0.2) is 18.7 Å². The van der Waals surface area contributed by atoms with Gasteiger partial charge < -0.3 is 25.2 Å². The number of nitrogens with zero attached hydrogens (tertiary/aromatic N) is 8. The summed E-state index contributed by atoms with van der Waals surface area (Å²) in [4.78, 5) is 51.6. The zero-order chi connectivity index (χ0) is 28.6. The second kappa shape index (κ2) is 13.7. The summed E-state index contributed by atoms with van der Waals surface area (Å²) in [6, 6.07) is 0. The Morgan fingerprint density at radius 1 is 0.925 bits per heavy atom. The maximum Gasteiger partial charge on any atom is 0.281 e. The largest absolute Gasteiger partial charge is 0.378 e. The average molecular weight is 562 g/mol. The number of Topliss-reactive ketones (excluding diaryl/α,β-unsaturated/α-hetero) is 1. The molecule has 12 nitrogen and oxygen atoms in total. The third kappa shape index (κ3) is 7.77. The van der Waals surface area contributed by atoms with Crippen molar-refractivity contribution in [2.75, 3.05) is 68.0 Å². The number of ether oxygens (including phenoxy) is 1. The minimum atomic E-state index is -2.89. The van der Waals surface area contributed by atoms with Gasteiger partial charge in [-0.05, 0) is 18.8 Å². The Balaban J connectivity index is 1.44. The van der Waals surface area contributed by atoms with Crippen LogP contribution < -0.4 is 15.5 Å². The summed E-state index contributed by atoms with van der Waals surface area (Å²) in [7, 11) is 0. The molecule has 0 aromatic carbocycles. The van der Waals surface area contributed by atoms with Crippen LogP contribution in [0, 0.1) is 5.92 Å². The Morgan fingerprint density at radius 2 is 1.55 bits per heavy atom. The number of morpholine rings is 1. The van der Waals surface area contributed by atoms with Gasteiger partial charge in [-0.3, -0.25) is 9.59 Å². The SMILES string of the molecule is CC(C)CC(=O)CCCCC(=O)N1CCN(c2nc(-c3cnc(N)nc3C(F)F)nc(N3CCOCC3)n2)CC1. The number of halogens is 2. The molecular formula is C26H37F2N9O3. The smallest absolute Gasteiger partial charge is 0.281 e. The van der Waals surface area contributed by atoms with Crippen LogP contribution in [-0.2, 0) is 14.3 Å². The van der Waals surface area contributed by atoms with E-state index in [1.165, 1.54) is 6.20 Å². The van der Waals surface area contributed by atoms with Gasteiger partial charge in [-0.1, -0.05) is 13.8 Å². The highest BCUT2D eigenvalue weighted by Crippen LogP contribution is 2.30. The summed E-state index contributed by atoms with van der Waals surface area (Å²) >= 11 is 0. The molecule has 0 saturated carbocycles. The van der Waals surface area contributed by atoms with Gasteiger partial charge in [0.15, 0.2) is 5.82 Å². The van der Waals surface area contributed by atoms with Crippen LogP contribution in [0.3, 0.4) is 0 Å². The number of carbonyl (C=O) groups is 2. The first-order valence-electron chi connectivity index (χ1n) is 13.8. The predicted octanol–water partition coefficient (Wildman–Crippen LogP) is 2.51. The summed E-state index contributed by atoms with van der Waals surface area (Å²) in [5.74, 6) is 1.11. The van der Waals surface area contributed by atoms with Crippen LogP contribution in [0.15, 0.2) is 6.20 Å². The quantitative estimate of drug-likeness (QED) is 0.404. The highest BCUT2D eigenvalue weighted by atomic mass is 19.3. The van der Waals surface area contributed by atoms with Crippen LogP contribution in [0.2, 0.25) is 0 Å². The molecule has 2 N–H and O–H groups in total. The van der Waals surface area contributed by atoms with Crippen molar-refractivity contribution >= 4 is 29.5 Å². The van der Waals surface area contributed by atoms with E-state index >= 15 is 0 Å². The predicted molar refractivity (Wildman–Crippen MR) is 145 cm³/mol. The van der Waals surface area contributed by atoms with Crippen molar-refractivity contribution in [2.24, 2.45) is 5.92 Å². The van der Waals surface area contributed by atoms with E-state index in [0.29, 0.717) is 102 Å². The summed E-state index contributed by atoms with van der Waals surface area (Å²) in [5.41, 5.74) is 5.00. The number of hydrogen-bond donors (Lipinski definition) is 1. The lowest BCUT2D eigenvalue weighted by Crippen LogP contribution is -2.49. The lowest BCUT2D eigenvalue weighted by atomic mass is 10.0. The summed E-state index contributed by atoms with van der Waals surface area (Å²) in [6.07, 6.45) is 1.20. The monoisotopic (exact) mass is 561 g/mol. The lowest BCUT2D eigenvalue weighted by molar-refractivity contribution is -0.131. The van der Waals surface area contributed by atoms with Crippen molar-refractivity contribution in [1.82, 2.24) is 29.8 Å². The number of ketones is 1. The van der Waals surface area contributed by atoms with Gasteiger partial charge in [-0.15, -0.1) is 0 Å². The fraction of sp³-hybridized carbons (Fsp3) is 0.654. The Bertz CT molecular complexity index is 1170. The Kier molecular flexibility index (Phi) is 10.1. The molecule has 2 aliphatic rings. The maximum atomic E-state index is 13.8. The summed E-state index contributed by atoms with van der Waals surface area (Å²) < 4.78 is 33.1. The standard InChI is InChI=1S/C26H37F2N9O3/c1-17(2)15-18(38)5-3-4-6-20(39)35-7-9-36(10-8-35)25-32-23(19-16-30-24(29)31-21(19)22(27)28)33-26(34-25)37-11-13-40-14-12-37/h16-17,22H,3-15H2,1-2H3,(H2,29,30,31). The number of alkyl halides is 2. The molecule has 2 saturated heterocycles. The molecule has 0 unspecified atom stereocenters. The molecule has 4 rings (SSSR count). The van der Waals surface area contributed by atoms with Crippen LogP contribution in [0.5, 0.6) is 0 Å². The van der Waals surface area contributed by atoms with E-state index < -0.39 is 12.1 Å². The number of amides is 1. The molecule has 0 spiro atoms. The lowest BCUT2D eigenvalue weighted by Gasteiger charge is -2.35. The first-order valence-corrected chi connectivity index (χ1v) is 13.8. The van der Waals surface area contributed by atoms with Crippen molar-refractivity contribution in [1.29, 1.82) is 0 Å². The van der Waals surface area contributed by atoms with Crippen LogP contribution in [0.25, 0.3) is 11.4 Å². The number of piperazine rings is 1. The second-order valence-corrected chi connectivity index (χ2v) is 10.4. The first kappa shape index (κ1) is 29.4. The number of carbonyl (C=O) groups excluding carboxylic acids is 2. The minimum absolute atomic E-state index is 0.0111. The fourth-order valence-corrected chi connectivity index (χ4v) is 4.74. The molecule has 2 aromatic heterocycles. The zero-order valence-corrected chi connectivity index (χ0v) is 23.1. The van der Waals surface area contributed by atoms with Gasteiger partial charge in [0.25, 0.3) is 6.43 Å². The molecule has 218 valence electrons. The van der Waals surface area contributed by atoms with E-state index in [9.17, 15) is 18.4 Å². The Hall–Kier alpha value is -3.55. The molecule has 40 heavy (non-hydrogen) atoms. The van der Waals surface area contributed by atoms with Crippen molar-refractivity contribution in [3.05, 3.63) is 11.9 Å². The molecule has 0 radical (unpaired) electrons. The van der Waals surface area contributed by atoms with Crippen molar-refractivity contribution in [3.8, 4) is 11.4 Å². The minimum Gasteiger partial charge on any atom is -0.378 e. The number of aromatic nitrogens is 5. The highest BCUT2D eigenvalue weighted by Gasteiger charge is 2.27. The molecule has 1 amide bonds. The van der Waals surface area contributed by atoms with Gasteiger partial charge in [-0.2, -0.15) is 15.0 Å².